The van der Waals surface area contributed by atoms with Gasteiger partial charge < -0.3 is 35.1 Å². The maximum atomic E-state index is 14.5. The number of nitrogens with zero attached hydrogens (tertiary/aromatic N) is 4. The minimum atomic E-state index is -0.438. The number of carbonyl (C=O) groups excluding carboxylic acids is 2. The number of fused-ring (bicyclic) bond motifs is 1. The summed E-state index contributed by atoms with van der Waals surface area (Å²) in [6.07, 6.45) is 6.64. The monoisotopic (exact) mass is 735 g/mol. The van der Waals surface area contributed by atoms with Crippen molar-refractivity contribution in [3.63, 3.8) is 0 Å². The van der Waals surface area contributed by atoms with E-state index in [9.17, 15) is 14.4 Å². The van der Waals surface area contributed by atoms with Crippen molar-refractivity contribution in [2.45, 2.75) is 25.0 Å². The average molecular weight is 737 g/mol. The first-order valence-electron chi connectivity index (χ1n) is 16.0. The molecular weight excluding hydrogens is 697 g/mol. The first-order valence-corrected chi connectivity index (χ1v) is 16.8. The van der Waals surface area contributed by atoms with Crippen LogP contribution in [0, 0.1) is 0 Å². The molecule has 0 bridgehead atoms. The van der Waals surface area contributed by atoms with E-state index >= 15 is 0 Å². The van der Waals surface area contributed by atoms with Gasteiger partial charge in [0.15, 0.2) is 0 Å². The second-order valence-corrected chi connectivity index (χ2v) is 12.7. The van der Waals surface area contributed by atoms with E-state index in [-0.39, 0.29) is 69.1 Å². The highest BCUT2D eigenvalue weighted by molar-refractivity contribution is 6.41. The van der Waals surface area contributed by atoms with E-state index in [1.807, 2.05) is 31.1 Å². The highest BCUT2D eigenvalue weighted by Crippen LogP contribution is 2.45. The van der Waals surface area contributed by atoms with Crippen LogP contribution in [-0.4, -0.2) is 91.4 Å². The molecule has 0 unspecified atom stereocenters. The number of pyridine rings is 1. The van der Waals surface area contributed by atoms with E-state index in [0.29, 0.717) is 42.9 Å². The lowest BCUT2D eigenvalue weighted by Crippen LogP contribution is -2.52. The van der Waals surface area contributed by atoms with Crippen LogP contribution in [0.15, 0.2) is 72.2 Å². The number of hydrogen-bond acceptors (Lipinski definition) is 10. The SMILES string of the molecule is C=CC(=O)N[C@H]1CCOC[C@H]1Nc1ncc2cc(-c3c(Cl)c(OC)cc(OC)c3Cl)c(=O)n(Cc3ccc(NC(=O)/C=C/CN(C)C)cc3)c2n1. The zero-order valence-electron chi connectivity index (χ0n) is 28.7. The van der Waals surface area contributed by atoms with Gasteiger partial charge in [-0.3, -0.25) is 19.0 Å². The summed E-state index contributed by atoms with van der Waals surface area (Å²) in [5.74, 6) is 0.227. The largest absolute Gasteiger partial charge is 0.495 e. The Morgan fingerprint density at radius 1 is 1.08 bits per heavy atom. The Bertz CT molecular complexity index is 1990. The molecular formula is C36H39Cl2N7O6. The van der Waals surface area contributed by atoms with Crippen molar-refractivity contribution in [2.24, 2.45) is 0 Å². The molecule has 1 aliphatic heterocycles. The van der Waals surface area contributed by atoms with E-state index in [1.165, 1.54) is 30.9 Å². The first kappa shape index (κ1) is 37.3. The van der Waals surface area contributed by atoms with Crippen molar-refractivity contribution in [1.29, 1.82) is 0 Å². The van der Waals surface area contributed by atoms with Crippen molar-refractivity contribution in [3.8, 4) is 22.6 Å². The van der Waals surface area contributed by atoms with E-state index in [1.54, 1.807) is 36.5 Å². The molecule has 0 saturated carbocycles. The van der Waals surface area contributed by atoms with Crippen LogP contribution < -0.4 is 31.0 Å². The summed E-state index contributed by atoms with van der Waals surface area (Å²) in [7, 11) is 6.74. The molecule has 2 atom stereocenters. The number of rotatable bonds is 13. The van der Waals surface area contributed by atoms with Gasteiger partial charge in [0.1, 0.15) is 17.1 Å². The van der Waals surface area contributed by atoms with Crippen LogP contribution in [0.2, 0.25) is 10.0 Å². The van der Waals surface area contributed by atoms with E-state index in [4.69, 9.17) is 42.4 Å². The molecule has 3 heterocycles. The lowest BCUT2D eigenvalue weighted by molar-refractivity contribution is -0.118. The van der Waals surface area contributed by atoms with Crippen molar-refractivity contribution >= 4 is 57.7 Å². The second kappa shape index (κ2) is 16.8. The summed E-state index contributed by atoms with van der Waals surface area (Å²) in [5, 5.41) is 9.83. The fourth-order valence-electron chi connectivity index (χ4n) is 5.57. The maximum absolute atomic E-state index is 14.5. The minimum Gasteiger partial charge on any atom is -0.495 e. The third-order valence-electron chi connectivity index (χ3n) is 8.16. The van der Waals surface area contributed by atoms with Gasteiger partial charge in [-0.15, -0.1) is 0 Å². The smallest absolute Gasteiger partial charge is 0.260 e. The third kappa shape index (κ3) is 8.86. The Balaban J connectivity index is 1.57. The Morgan fingerprint density at radius 2 is 1.78 bits per heavy atom. The van der Waals surface area contributed by atoms with Crippen molar-refractivity contribution in [3.05, 3.63) is 93.4 Å². The van der Waals surface area contributed by atoms with E-state index < -0.39 is 5.56 Å². The molecule has 1 aliphatic rings. The Labute approximate surface area is 305 Å². The molecule has 0 radical (unpaired) electrons. The van der Waals surface area contributed by atoms with Crippen LogP contribution >= 0.6 is 23.2 Å². The topological polar surface area (TPSA) is 149 Å². The first-order chi connectivity index (χ1) is 24.5. The van der Waals surface area contributed by atoms with Gasteiger partial charge in [-0.25, -0.2) is 4.98 Å². The number of nitrogens with one attached hydrogen (secondary N) is 3. The number of hydrogen-bond donors (Lipinski definition) is 3. The van der Waals surface area contributed by atoms with Gasteiger partial charge in [0.05, 0.1) is 55.1 Å². The number of anilines is 2. The molecule has 1 saturated heterocycles. The van der Waals surface area contributed by atoms with Gasteiger partial charge in [0.25, 0.3) is 5.56 Å². The highest BCUT2D eigenvalue weighted by Gasteiger charge is 2.28. The van der Waals surface area contributed by atoms with Gasteiger partial charge in [-0.05, 0) is 50.4 Å². The second-order valence-electron chi connectivity index (χ2n) is 12.0. The number of methoxy groups -OCH3 is 2. The van der Waals surface area contributed by atoms with Crippen LogP contribution in [-0.2, 0) is 20.9 Å². The zero-order valence-corrected chi connectivity index (χ0v) is 30.2. The van der Waals surface area contributed by atoms with Gasteiger partial charge in [-0.1, -0.05) is 48.0 Å². The highest BCUT2D eigenvalue weighted by atomic mass is 35.5. The van der Waals surface area contributed by atoms with Gasteiger partial charge in [0, 0.05) is 48.1 Å². The number of ether oxygens (including phenoxy) is 3. The number of likely N-dealkylation sites (N-methyl/N-ethyl adjacent to an activating group) is 1. The standard InChI is InChI=1S/C36H39Cl2N7O6/c1-6-29(46)41-25-13-15-51-20-26(25)42-36-39-18-22-16-24(31-32(37)27(49-4)17-28(50-5)33(31)38)35(48)45(34(22)43-36)19-21-9-11-23(12-10-21)40-30(47)8-7-14-44(2)3/h6-12,16-18,25-26H,1,13-15,19-20H2,2-5H3,(H,40,47)(H,41,46)(H,39,42,43)/b8-7+/t25-,26+/m0/s1. The average Bonchev–Trinajstić information content (AvgIpc) is 3.11. The molecule has 1 fully saturated rings. The summed E-state index contributed by atoms with van der Waals surface area (Å²) >= 11 is 13.5. The van der Waals surface area contributed by atoms with Gasteiger partial charge in [-0.2, -0.15) is 4.98 Å². The number of aromatic nitrogens is 3. The fourth-order valence-corrected chi connectivity index (χ4v) is 6.27. The molecule has 3 N–H and O–H groups in total. The summed E-state index contributed by atoms with van der Waals surface area (Å²) in [6.45, 7) is 5.06. The Kier molecular flexibility index (Phi) is 12.3. The molecule has 4 aromatic rings. The summed E-state index contributed by atoms with van der Waals surface area (Å²) in [4.78, 5) is 50.2. The summed E-state index contributed by atoms with van der Waals surface area (Å²) in [5.41, 5.74) is 1.64. The Morgan fingerprint density at radius 3 is 2.43 bits per heavy atom. The van der Waals surface area contributed by atoms with Crippen LogP contribution in [0.25, 0.3) is 22.2 Å². The molecule has 2 amide bonds. The van der Waals surface area contributed by atoms with Crippen LogP contribution in [0.4, 0.5) is 11.6 Å². The van der Waals surface area contributed by atoms with Crippen LogP contribution in [0.1, 0.15) is 12.0 Å². The van der Waals surface area contributed by atoms with Crippen LogP contribution in [0.3, 0.4) is 0 Å². The van der Waals surface area contributed by atoms with Crippen molar-refractivity contribution < 1.29 is 23.8 Å². The number of benzene rings is 2. The summed E-state index contributed by atoms with van der Waals surface area (Å²) < 4.78 is 18.1. The number of amides is 2. The molecule has 15 heteroatoms. The Hall–Kier alpha value is -4.95. The molecule has 2 aromatic carbocycles. The van der Waals surface area contributed by atoms with Crippen molar-refractivity contribution in [1.82, 2.24) is 24.8 Å². The lowest BCUT2D eigenvalue weighted by Gasteiger charge is -2.32. The minimum absolute atomic E-state index is 0.0947. The quantitative estimate of drug-likeness (QED) is 0.164. The normalized spacial score (nSPS) is 15.9. The predicted molar refractivity (Wildman–Crippen MR) is 199 cm³/mol. The fraction of sp³-hybridized carbons (Fsp3) is 0.306. The number of carbonyl (C=O) groups is 2. The molecule has 2 aromatic heterocycles. The predicted octanol–water partition coefficient (Wildman–Crippen LogP) is 4.76. The molecule has 0 spiro atoms. The molecule has 13 nitrogen and oxygen atoms in total. The van der Waals surface area contributed by atoms with Crippen LogP contribution in [0.5, 0.6) is 11.5 Å². The van der Waals surface area contributed by atoms with Gasteiger partial charge >= 0.3 is 0 Å². The summed E-state index contributed by atoms with van der Waals surface area (Å²) in [6, 6.07) is 9.71. The maximum Gasteiger partial charge on any atom is 0.260 e. The van der Waals surface area contributed by atoms with E-state index in [2.05, 4.69) is 27.5 Å². The third-order valence-corrected chi connectivity index (χ3v) is 8.91. The zero-order chi connectivity index (χ0) is 36.7. The van der Waals surface area contributed by atoms with Crippen molar-refractivity contribution in [2.75, 3.05) is 58.7 Å². The molecule has 5 rings (SSSR count). The molecule has 0 aliphatic carbocycles. The molecule has 51 heavy (non-hydrogen) atoms. The van der Waals surface area contributed by atoms with Gasteiger partial charge in [0.2, 0.25) is 17.8 Å². The van der Waals surface area contributed by atoms with E-state index in [0.717, 1.165) is 5.56 Å². The lowest BCUT2D eigenvalue weighted by atomic mass is 10.0. The number of halogens is 2. The molecule has 268 valence electrons.